The van der Waals surface area contributed by atoms with Crippen molar-refractivity contribution in [2.45, 2.75) is 69.9 Å². The fraction of sp³-hybridized carbons (Fsp3) is 0.800. The number of aryl methyl sites for hydroxylation is 2. The minimum Gasteiger partial charge on any atom is -0.392 e. The predicted molar refractivity (Wildman–Crippen MR) is 85.2 cm³/mol. The molecule has 0 aromatic carbocycles. The number of hydrogen-bond acceptors (Lipinski definition) is 4. The molecule has 6 nitrogen and oxygen atoms in total. The Bertz CT molecular complexity index is 622. The van der Waals surface area contributed by atoms with Gasteiger partial charge in [-0.25, -0.2) is 8.42 Å². The molecule has 1 aromatic rings. The van der Waals surface area contributed by atoms with E-state index >= 15 is 0 Å². The van der Waals surface area contributed by atoms with Crippen molar-refractivity contribution in [1.82, 2.24) is 14.1 Å². The lowest BCUT2D eigenvalue weighted by molar-refractivity contribution is 0.0830. The van der Waals surface area contributed by atoms with Crippen molar-refractivity contribution in [3.63, 3.8) is 0 Å². The second kappa shape index (κ2) is 6.68. The van der Waals surface area contributed by atoms with Gasteiger partial charge in [0.2, 0.25) is 10.0 Å². The first-order valence-electron chi connectivity index (χ1n) is 8.09. The summed E-state index contributed by atoms with van der Waals surface area (Å²) in [6.45, 7) is 6.00. The summed E-state index contributed by atoms with van der Waals surface area (Å²) in [4.78, 5) is 0.354. The first kappa shape index (κ1) is 17.4. The average molecular weight is 329 g/mol. The van der Waals surface area contributed by atoms with Crippen molar-refractivity contribution in [2.24, 2.45) is 7.05 Å². The fourth-order valence-corrected chi connectivity index (χ4v) is 5.65. The summed E-state index contributed by atoms with van der Waals surface area (Å²) in [6, 6.07) is -0.339. The zero-order chi connectivity index (χ0) is 16.5. The van der Waals surface area contributed by atoms with Crippen LogP contribution in [-0.4, -0.2) is 46.3 Å². The maximum Gasteiger partial charge on any atom is 0.247 e. The third-order valence-electron chi connectivity index (χ3n) is 4.48. The summed E-state index contributed by atoms with van der Waals surface area (Å²) in [5.41, 5.74) is 1.36. The van der Waals surface area contributed by atoms with Crippen LogP contribution in [0.4, 0.5) is 0 Å². The first-order chi connectivity index (χ1) is 10.3. The van der Waals surface area contributed by atoms with Crippen molar-refractivity contribution in [3.05, 3.63) is 11.4 Å². The Labute approximate surface area is 133 Å². The Kier molecular flexibility index (Phi) is 5.29. The maximum atomic E-state index is 13.2. The van der Waals surface area contributed by atoms with Gasteiger partial charge in [0.25, 0.3) is 0 Å². The van der Waals surface area contributed by atoms with Gasteiger partial charge in [-0.15, -0.1) is 0 Å². The lowest BCUT2D eigenvalue weighted by Gasteiger charge is -2.36. The number of aromatic nitrogens is 2. The smallest absolute Gasteiger partial charge is 0.247 e. The van der Waals surface area contributed by atoms with Gasteiger partial charge < -0.3 is 5.11 Å². The van der Waals surface area contributed by atoms with Crippen molar-refractivity contribution >= 4 is 10.0 Å². The molecule has 1 fully saturated rings. The van der Waals surface area contributed by atoms with E-state index in [1.807, 2.05) is 13.8 Å². The van der Waals surface area contributed by atoms with E-state index in [2.05, 4.69) is 5.10 Å². The molecule has 1 aromatic heterocycles. The quantitative estimate of drug-likeness (QED) is 0.887. The summed E-state index contributed by atoms with van der Waals surface area (Å²) < 4.78 is 29.6. The maximum absolute atomic E-state index is 13.2. The predicted octanol–water partition coefficient (Wildman–Crippen LogP) is 1.47. The largest absolute Gasteiger partial charge is 0.392 e. The van der Waals surface area contributed by atoms with Gasteiger partial charge in [0.05, 0.1) is 23.5 Å². The number of nitrogens with zero attached hydrogens (tertiary/aromatic N) is 3. The van der Waals surface area contributed by atoms with E-state index in [0.717, 1.165) is 18.5 Å². The van der Waals surface area contributed by atoms with Gasteiger partial charge >= 0.3 is 0 Å². The Hall–Kier alpha value is -0.920. The molecule has 0 saturated carbocycles. The molecule has 1 N–H and O–H groups in total. The second-order valence-corrected chi connectivity index (χ2v) is 7.80. The van der Waals surface area contributed by atoms with Gasteiger partial charge in [-0.1, -0.05) is 20.3 Å². The summed E-state index contributed by atoms with van der Waals surface area (Å²) in [5.74, 6) is 0. The molecule has 1 aliphatic heterocycles. The number of aliphatic hydroxyl groups is 1. The number of piperidine rings is 1. The summed E-state index contributed by atoms with van der Waals surface area (Å²) in [6.07, 6.45) is 3.03. The summed E-state index contributed by atoms with van der Waals surface area (Å²) in [5, 5.41) is 14.4. The van der Waals surface area contributed by atoms with Gasteiger partial charge in [-0.2, -0.15) is 9.40 Å². The molecule has 2 heterocycles. The highest BCUT2D eigenvalue weighted by Gasteiger charge is 2.39. The van der Waals surface area contributed by atoms with Crippen molar-refractivity contribution in [3.8, 4) is 0 Å². The van der Waals surface area contributed by atoms with E-state index in [9.17, 15) is 13.5 Å². The fourth-order valence-electron chi connectivity index (χ4n) is 3.35. The number of aliphatic hydroxyl groups excluding tert-OH is 1. The number of hydrogen-bond donors (Lipinski definition) is 1. The van der Waals surface area contributed by atoms with Gasteiger partial charge in [-0.05, 0) is 32.6 Å². The van der Waals surface area contributed by atoms with Crippen LogP contribution in [0, 0.1) is 0 Å². The normalized spacial score (nSPS) is 22.0. The first-order valence-corrected chi connectivity index (χ1v) is 9.53. The van der Waals surface area contributed by atoms with Crippen LogP contribution in [0.5, 0.6) is 0 Å². The zero-order valence-corrected chi connectivity index (χ0v) is 14.7. The number of sulfonamides is 1. The van der Waals surface area contributed by atoms with E-state index in [0.29, 0.717) is 36.4 Å². The lowest BCUT2D eigenvalue weighted by Crippen LogP contribution is -2.49. The highest BCUT2D eigenvalue weighted by molar-refractivity contribution is 7.89. The Balaban J connectivity index is 2.54. The molecule has 2 atom stereocenters. The van der Waals surface area contributed by atoms with E-state index in [-0.39, 0.29) is 6.04 Å². The molecule has 0 bridgehead atoms. The second-order valence-electron chi connectivity index (χ2n) is 5.97. The molecular weight excluding hydrogens is 302 g/mol. The van der Waals surface area contributed by atoms with Gasteiger partial charge in [0, 0.05) is 13.6 Å². The highest BCUT2D eigenvalue weighted by Crippen LogP contribution is 2.31. The van der Waals surface area contributed by atoms with Crippen LogP contribution in [0.3, 0.4) is 0 Å². The number of rotatable bonds is 5. The molecule has 0 unspecified atom stereocenters. The third kappa shape index (κ3) is 2.94. The molecule has 1 saturated heterocycles. The van der Waals surface area contributed by atoms with Crippen molar-refractivity contribution < 1.29 is 13.5 Å². The van der Waals surface area contributed by atoms with E-state index in [4.69, 9.17) is 0 Å². The van der Waals surface area contributed by atoms with Gasteiger partial charge in [-0.3, -0.25) is 4.68 Å². The van der Waals surface area contributed by atoms with Crippen LogP contribution in [0.15, 0.2) is 4.90 Å². The SMILES string of the molecule is CCc1nn(C)c(CC)c1S(=O)(=O)N1CCCC[C@@H]1[C@H](C)O. The molecule has 1 aliphatic rings. The van der Waals surface area contributed by atoms with Crippen molar-refractivity contribution in [2.75, 3.05) is 6.54 Å². The average Bonchev–Trinajstić information content (AvgIpc) is 2.83. The molecule has 0 aliphatic carbocycles. The monoisotopic (exact) mass is 329 g/mol. The van der Waals surface area contributed by atoms with Gasteiger partial charge in [0.1, 0.15) is 4.90 Å². The Morgan fingerprint density at radius 2 is 2.00 bits per heavy atom. The topological polar surface area (TPSA) is 75.4 Å². The molecule has 0 spiro atoms. The highest BCUT2D eigenvalue weighted by atomic mass is 32.2. The molecular formula is C15H27N3O3S. The molecule has 0 radical (unpaired) electrons. The van der Waals surface area contributed by atoms with Crippen LogP contribution in [0.2, 0.25) is 0 Å². The van der Waals surface area contributed by atoms with Crippen LogP contribution < -0.4 is 0 Å². The molecule has 0 amide bonds. The lowest BCUT2D eigenvalue weighted by atomic mass is 10.0. The Morgan fingerprint density at radius 3 is 2.55 bits per heavy atom. The minimum absolute atomic E-state index is 0.339. The van der Waals surface area contributed by atoms with Crippen LogP contribution in [-0.2, 0) is 29.9 Å². The van der Waals surface area contributed by atoms with E-state index in [1.54, 1.807) is 18.7 Å². The standard InChI is InChI=1S/C15H27N3O3S/c1-5-12-15(13(6-2)17(4)16-12)22(20,21)18-10-8-7-9-14(18)11(3)19/h11,14,19H,5-10H2,1-4H3/t11-,14+/m0/s1. The Morgan fingerprint density at radius 1 is 1.32 bits per heavy atom. The van der Waals surface area contributed by atoms with E-state index in [1.165, 1.54) is 4.31 Å². The molecule has 22 heavy (non-hydrogen) atoms. The molecule has 126 valence electrons. The molecule has 7 heteroatoms. The van der Waals surface area contributed by atoms with Gasteiger partial charge in [0.15, 0.2) is 0 Å². The summed E-state index contributed by atoms with van der Waals surface area (Å²) in [7, 11) is -1.84. The van der Waals surface area contributed by atoms with Crippen LogP contribution in [0.25, 0.3) is 0 Å². The van der Waals surface area contributed by atoms with Crippen LogP contribution in [0.1, 0.15) is 51.4 Å². The van der Waals surface area contributed by atoms with Crippen molar-refractivity contribution in [1.29, 1.82) is 0 Å². The van der Waals surface area contributed by atoms with Crippen LogP contribution >= 0.6 is 0 Å². The summed E-state index contributed by atoms with van der Waals surface area (Å²) >= 11 is 0. The third-order valence-corrected chi connectivity index (χ3v) is 6.54. The van der Waals surface area contributed by atoms with E-state index < -0.39 is 16.1 Å². The zero-order valence-electron chi connectivity index (χ0n) is 13.9. The molecule has 2 rings (SSSR count). The minimum atomic E-state index is -3.63.